The molecule has 3 aromatic rings. The monoisotopic (exact) mass is 498 g/mol. The summed E-state index contributed by atoms with van der Waals surface area (Å²) in [7, 11) is 0. The van der Waals surface area contributed by atoms with Crippen molar-refractivity contribution in [1.29, 1.82) is 0 Å². The van der Waals surface area contributed by atoms with Crippen molar-refractivity contribution >= 4 is 35.6 Å². The standard InChI is InChI=1S/C19H23FN6O.HI/c1-3-21-19(22-12-14(2)27-16-9-7-15(20)8-10-16)23-13-18-25-24-17-6-4-5-11-26(17)18;/h4-11,14H,3,12-13H2,1-2H3,(H2,21,22,23);1H. The third-order valence-corrected chi connectivity index (χ3v) is 3.82. The van der Waals surface area contributed by atoms with Gasteiger partial charge in [-0.05, 0) is 50.2 Å². The molecule has 2 N–H and O–H groups in total. The number of hydrogen-bond donors (Lipinski definition) is 2. The average molecular weight is 498 g/mol. The zero-order valence-corrected chi connectivity index (χ0v) is 18.1. The fraction of sp³-hybridized carbons (Fsp3) is 0.316. The van der Waals surface area contributed by atoms with E-state index in [0.29, 0.717) is 24.8 Å². The van der Waals surface area contributed by atoms with Gasteiger partial charge in [0.2, 0.25) is 0 Å². The highest BCUT2D eigenvalue weighted by molar-refractivity contribution is 14.0. The van der Waals surface area contributed by atoms with E-state index < -0.39 is 0 Å². The molecule has 9 heteroatoms. The quantitative estimate of drug-likeness (QED) is 0.298. The Balaban J connectivity index is 0.00000280. The molecule has 7 nitrogen and oxygen atoms in total. The molecule has 0 bridgehead atoms. The summed E-state index contributed by atoms with van der Waals surface area (Å²) in [5, 5.41) is 14.7. The number of benzene rings is 1. The van der Waals surface area contributed by atoms with Crippen LogP contribution in [0.1, 0.15) is 19.7 Å². The van der Waals surface area contributed by atoms with Crippen molar-refractivity contribution < 1.29 is 9.13 Å². The number of fused-ring (bicyclic) bond motifs is 1. The third-order valence-electron chi connectivity index (χ3n) is 3.82. The molecule has 150 valence electrons. The van der Waals surface area contributed by atoms with Gasteiger partial charge in [0, 0.05) is 12.7 Å². The predicted octanol–water partition coefficient (Wildman–Crippen LogP) is 3.01. The van der Waals surface area contributed by atoms with E-state index in [4.69, 9.17) is 4.74 Å². The molecule has 1 aromatic carbocycles. The van der Waals surface area contributed by atoms with Crippen molar-refractivity contribution in [2.75, 3.05) is 13.1 Å². The number of nitrogens with one attached hydrogen (secondary N) is 2. The van der Waals surface area contributed by atoms with Crippen molar-refractivity contribution in [3.63, 3.8) is 0 Å². The highest BCUT2D eigenvalue weighted by Crippen LogP contribution is 2.12. The van der Waals surface area contributed by atoms with Gasteiger partial charge >= 0.3 is 0 Å². The van der Waals surface area contributed by atoms with Gasteiger partial charge in [-0.15, -0.1) is 34.2 Å². The fourth-order valence-corrected chi connectivity index (χ4v) is 2.52. The van der Waals surface area contributed by atoms with Crippen LogP contribution in [0.15, 0.2) is 53.7 Å². The second kappa shape index (κ2) is 10.8. The Hall–Kier alpha value is -2.43. The molecule has 0 saturated carbocycles. The van der Waals surface area contributed by atoms with Gasteiger partial charge < -0.3 is 15.4 Å². The van der Waals surface area contributed by atoms with E-state index in [9.17, 15) is 4.39 Å². The van der Waals surface area contributed by atoms with Crippen LogP contribution in [0.4, 0.5) is 4.39 Å². The number of rotatable bonds is 7. The number of guanidine groups is 1. The van der Waals surface area contributed by atoms with Crippen LogP contribution < -0.4 is 15.4 Å². The van der Waals surface area contributed by atoms with Gasteiger partial charge in [0.25, 0.3) is 0 Å². The van der Waals surface area contributed by atoms with Gasteiger partial charge in [-0.2, -0.15) is 0 Å². The zero-order chi connectivity index (χ0) is 19.1. The Morgan fingerprint density at radius 2 is 1.96 bits per heavy atom. The van der Waals surface area contributed by atoms with Crippen LogP contribution in [0, 0.1) is 5.82 Å². The van der Waals surface area contributed by atoms with Crippen molar-refractivity contribution in [2.45, 2.75) is 26.5 Å². The SMILES string of the molecule is CCNC(=NCc1nnc2ccccn12)NCC(C)Oc1ccc(F)cc1.I. The summed E-state index contributed by atoms with van der Waals surface area (Å²) in [4.78, 5) is 4.56. The average Bonchev–Trinajstić information content (AvgIpc) is 3.09. The molecule has 0 aliphatic rings. The molecule has 1 atom stereocenters. The van der Waals surface area contributed by atoms with Crippen LogP contribution in [0.25, 0.3) is 5.65 Å². The maximum Gasteiger partial charge on any atom is 0.191 e. The van der Waals surface area contributed by atoms with Crippen molar-refractivity contribution in [2.24, 2.45) is 4.99 Å². The van der Waals surface area contributed by atoms with Gasteiger partial charge in [-0.1, -0.05) is 6.07 Å². The molecule has 2 heterocycles. The van der Waals surface area contributed by atoms with Gasteiger partial charge in [0.1, 0.15) is 24.2 Å². The summed E-state index contributed by atoms with van der Waals surface area (Å²) in [6.07, 6.45) is 1.80. The Morgan fingerprint density at radius 3 is 2.71 bits per heavy atom. The van der Waals surface area contributed by atoms with E-state index in [1.807, 2.05) is 42.6 Å². The summed E-state index contributed by atoms with van der Waals surface area (Å²) >= 11 is 0. The minimum absolute atomic E-state index is 0. The molecule has 0 saturated heterocycles. The van der Waals surface area contributed by atoms with Crippen LogP contribution in [-0.4, -0.2) is 39.8 Å². The van der Waals surface area contributed by atoms with Gasteiger partial charge in [-0.25, -0.2) is 9.38 Å². The molecule has 0 aliphatic carbocycles. The minimum atomic E-state index is -0.282. The van der Waals surface area contributed by atoms with E-state index in [-0.39, 0.29) is 35.9 Å². The first-order valence-electron chi connectivity index (χ1n) is 8.88. The highest BCUT2D eigenvalue weighted by atomic mass is 127. The second-order valence-corrected chi connectivity index (χ2v) is 6.00. The third kappa shape index (κ3) is 6.04. The molecule has 0 fully saturated rings. The molecule has 2 aromatic heterocycles. The Morgan fingerprint density at radius 1 is 1.18 bits per heavy atom. The lowest BCUT2D eigenvalue weighted by atomic mass is 10.3. The van der Waals surface area contributed by atoms with E-state index in [1.54, 1.807) is 12.1 Å². The lowest BCUT2D eigenvalue weighted by Crippen LogP contribution is -2.41. The lowest BCUT2D eigenvalue weighted by molar-refractivity contribution is 0.223. The molecular formula is C19H24FIN6O. The maximum atomic E-state index is 13.0. The summed E-state index contributed by atoms with van der Waals surface area (Å²) in [6, 6.07) is 11.7. The van der Waals surface area contributed by atoms with E-state index in [1.165, 1.54) is 12.1 Å². The molecule has 0 amide bonds. The Kier molecular flexibility index (Phi) is 8.42. The van der Waals surface area contributed by atoms with Crippen molar-refractivity contribution in [3.8, 4) is 5.75 Å². The summed E-state index contributed by atoms with van der Waals surface area (Å²) < 4.78 is 20.6. The number of halogens is 2. The smallest absolute Gasteiger partial charge is 0.191 e. The number of nitrogens with zero attached hydrogens (tertiary/aromatic N) is 4. The minimum Gasteiger partial charge on any atom is -0.489 e. The first-order chi connectivity index (χ1) is 13.2. The van der Waals surface area contributed by atoms with Crippen LogP contribution in [0.2, 0.25) is 0 Å². The van der Waals surface area contributed by atoms with E-state index in [0.717, 1.165) is 18.0 Å². The van der Waals surface area contributed by atoms with Crippen LogP contribution in [0.3, 0.4) is 0 Å². The largest absolute Gasteiger partial charge is 0.489 e. The molecule has 0 spiro atoms. The van der Waals surface area contributed by atoms with E-state index in [2.05, 4.69) is 25.8 Å². The Bertz CT molecular complexity index is 899. The number of hydrogen-bond acceptors (Lipinski definition) is 4. The molecule has 28 heavy (non-hydrogen) atoms. The van der Waals surface area contributed by atoms with Gasteiger partial charge in [0.05, 0.1) is 6.54 Å². The summed E-state index contributed by atoms with van der Waals surface area (Å²) in [5.41, 5.74) is 0.793. The van der Waals surface area contributed by atoms with Gasteiger partial charge in [0.15, 0.2) is 17.4 Å². The van der Waals surface area contributed by atoms with Crippen LogP contribution in [-0.2, 0) is 6.54 Å². The number of aromatic nitrogens is 3. The molecular weight excluding hydrogens is 474 g/mol. The summed E-state index contributed by atoms with van der Waals surface area (Å²) in [6.45, 7) is 5.62. The lowest BCUT2D eigenvalue weighted by Gasteiger charge is -2.17. The van der Waals surface area contributed by atoms with Crippen molar-refractivity contribution in [3.05, 3.63) is 60.3 Å². The normalized spacial score (nSPS) is 12.3. The molecule has 0 aliphatic heterocycles. The van der Waals surface area contributed by atoms with Crippen molar-refractivity contribution in [1.82, 2.24) is 25.2 Å². The maximum absolute atomic E-state index is 13.0. The van der Waals surface area contributed by atoms with Crippen LogP contribution in [0.5, 0.6) is 5.75 Å². The predicted molar refractivity (Wildman–Crippen MR) is 118 cm³/mol. The molecule has 1 unspecified atom stereocenters. The number of pyridine rings is 1. The topological polar surface area (TPSA) is 75.8 Å². The fourth-order valence-electron chi connectivity index (χ4n) is 2.52. The van der Waals surface area contributed by atoms with Crippen LogP contribution >= 0.6 is 24.0 Å². The number of ether oxygens (including phenoxy) is 1. The van der Waals surface area contributed by atoms with E-state index >= 15 is 0 Å². The first-order valence-corrected chi connectivity index (χ1v) is 8.88. The molecule has 3 rings (SSSR count). The highest BCUT2D eigenvalue weighted by Gasteiger charge is 2.08. The van der Waals surface area contributed by atoms with Gasteiger partial charge in [-0.3, -0.25) is 4.40 Å². The number of aliphatic imine (C=N–C) groups is 1. The second-order valence-electron chi connectivity index (χ2n) is 6.00. The zero-order valence-electron chi connectivity index (χ0n) is 15.8. The molecule has 0 radical (unpaired) electrons. The Labute approximate surface area is 180 Å². The first kappa shape index (κ1) is 21.9. The summed E-state index contributed by atoms with van der Waals surface area (Å²) in [5.74, 6) is 1.77.